The summed E-state index contributed by atoms with van der Waals surface area (Å²) in [5, 5.41) is 13.7. The first kappa shape index (κ1) is 18.8. The number of nitrogens with one attached hydrogen (secondary N) is 1. The monoisotopic (exact) mass is 360 g/mol. The van der Waals surface area contributed by atoms with Crippen LogP contribution < -0.4 is 10.1 Å². The highest BCUT2D eigenvalue weighted by Crippen LogP contribution is 2.27. The van der Waals surface area contributed by atoms with Crippen molar-refractivity contribution in [1.82, 2.24) is 5.32 Å². The zero-order valence-corrected chi connectivity index (χ0v) is 15.0. The summed E-state index contributed by atoms with van der Waals surface area (Å²) in [7, 11) is 0. The van der Waals surface area contributed by atoms with Crippen LogP contribution in [-0.4, -0.2) is 29.7 Å². The minimum absolute atomic E-state index is 0.0970. The van der Waals surface area contributed by atoms with Gasteiger partial charge in [-0.15, -0.1) is 11.8 Å². The SMILES string of the molecule is Cc1ccc(SCCNC(=O)COc2ccc(C)cc2[N+](=O)[O-])cc1. The second-order valence-corrected chi connectivity index (χ2v) is 6.70. The number of ether oxygens (including phenoxy) is 1. The molecular weight excluding hydrogens is 340 g/mol. The molecule has 0 atom stereocenters. The minimum atomic E-state index is -0.515. The first-order valence-corrected chi connectivity index (χ1v) is 8.78. The van der Waals surface area contributed by atoms with E-state index in [1.54, 1.807) is 24.8 Å². The van der Waals surface area contributed by atoms with E-state index in [4.69, 9.17) is 4.74 Å². The van der Waals surface area contributed by atoms with E-state index in [1.165, 1.54) is 17.7 Å². The Hall–Kier alpha value is -2.54. The summed E-state index contributed by atoms with van der Waals surface area (Å²) in [6.07, 6.45) is 0. The van der Waals surface area contributed by atoms with Gasteiger partial charge in [0.25, 0.3) is 5.91 Å². The molecule has 25 heavy (non-hydrogen) atoms. The number of hydrogen-bond acceptors (Lipinski definition) is 5. The normalized spacial score (nSPS) is 10.3. The molecule has 0 heterocycles. The predicted molar refractivity (Wildman–Crippen MR) is 98.2 cm³/mol. The third kappa shape index (κ3) is 6.11. The van der Waals surface area contributed by atoms with Gasteiger partial charge in [-0.3, -0.25) is 14.9 Å². The third-order valence-corrected chi connectivity index (χ3v) is 4.40. The van der Waals surface area contributed by atoms with E-state index < -0.39 is 4.92 Å². The van der Waals surface area contributed by atoms with Crippen molar-refractivity contribution in [2.75, 3.05) is 18.9 Å². The fourth-order valence-electron chi connectivity index (χ4n) is 2.08. The average Bonchev–Trinajstić information content (AvgIpc) is 2.59. The van der Waals surface area contributed by atoms with Gasteiger partial charge >= 0.3 is 5.69 Å². The van der Waals surface area contributed by atoms with Gasteiger partial charge < -0.3 is 10.1 Å². The first-order valence-electron chi connectivity index (χ1n) is 7.79. The molecule has 0 bridgehead atoms. The molecule has 1 amide bonds. The topological polar surface area (TPSA) is 81.5 Å². The van der Waals surface area contributed by atoms with Gasteiger partial charge in [0.15, 0.2) is 12.4 Å². The predicted octanol–water partition coefficient (Wildman–Crippen LogP) is 3.50. The van der Waals surface area contributed by atoms with Crippen molar-refractivity contribution in [1.29, 1.82) is 0 Å². The van der Waals surface area contributed by atoms with Gasteiger partial charge in [0, 0.05) is 23.3 Å². The van der Waals surface area contributed by atoms with E-state index in [1.807, 2.05) is 31.2 Å². The zero-order chi connectivity index (χ0) is 18.2. The fraction of sp³-hybridized carbons (Fsp3) is 0.278. The molecule has 0 unspecified atom stereocenters. The van der Waals surface area contributed by atoms with Gasteiger partial charge in [-0.05, 0) is 37.6 Å². The van der Waals surface area contributed by atoms with Crippen molar-refractivity contribution in [3.63, 3.8) is 0 Å². The summed E-state index contributed by atoms with van der Waals surface area (Å²) < 4.78 is 5.28. The van der Waals surface area contributed by atoms with Crippen molar-refractivity contribution < 1.29 is 14.5 Å². The van der Waals surface area contributed by atoms with Gasteiger partial charge in [0.05, 0.1) is 4.92 Å². The maximum Gasteiger partial charge on any atom is 0.311 e. The number of nitro benzene ring substituents is 1. The van der Waals surface area contributed by atoms with Crippen molar-refractivity contribution in [3.05, 3.63) is 63.7 Å². The number of aryl methyl sites for hydroxylation is 2. The Morgan fingerprint density at radius 2 is 1.84 bits per heavy atom. The molecule has 2 rings (SSSR count). The second kappa shape index (κ2) is 9.08. The second-order valence-electron chi connectivity index (χ2n) is 5.53. The number of hydrogen-bond donors (Lipinski definition) is 1. The van der Waals surface area contributed by atoms with Crippen molar-refractivity contribution in [2.24, 2.45) is 0 Å². The number of thioether (sulfide) groups is 1. The van der Waals surface area contributed by atoms with Crippen LogP contribution in [0.25, 0.3) is 0 Å². The molecule has 132 valence electrons. The van der Waals surface area contributed by atoms with E-state index >= 15 is 0 Å². The van der Waals surface area contributed by atoms with Gasteiger partial charge in [0.2, 0.25) is 0 Å². The lowest BCUT2D eigenvalue weighted by molar-refractivity contribution is -0.385. The maximum absolute atomic E-state index is 11.8. The number of rotatable bonds is 8. The van der Waals surface area contributed by atoms with Crippen LogP contribution in [0.3, 0.4) is 0 Å². The van der Waals surface area contributed by atoms with E-state index in [0.717, 1.165) is 16.2 Å². The molecule has 2 aromatic rings. The number of carbonyl (C=O) groups is 1. The molecule has 2 aromatic carbocycles. The highest BCUT2D eigenvalue weighted by Gasteiger charge is 2.16. The Morgan fingerprint density at radius 1 is 1.16 bits per heavy atom. The molecule has 0 saturated heterocycles. The van der Waals surface area contributed by atoms with E-state index in [0.29, 0.717) is 6.54 Å². The van der Waals surface area contributed by atoms with Crippen molar-refractivity contribution in [3.8, 4) is 5.75 Å². The van der Waals surface area contributed by atoms with E-state index in [-0.39, 0.29) is 24.0 Å². The lowest BCUT2D eigenvalue weighted by atomic mass is 10.2. The minimum Gasteiger partial charge on any atom is -0.477 e. The molecule has 0 fully saturated rings. The van der Waals surface area contributed by atoms with Gasteiger partial charge in [-0.25, -0.2) is 0 Å². The molecule has 6 nitrogen and oxygen atoms in total. The molecule has 7 heteroatoms. The summed E-state index contributed by atoms with van der Waals surface area (Å²) in [6.45, 7) is 4.04. The van der Waals surface area contributed by atoms with Crippen LogP contribution >= 0.6 is 11.8 Å². The first-order chi connectivity index (χ1) is 12.0. The molecule has 1 N–H and O–H groups in total. The summed E-state index contributed by atoms with van der Waals surface area (Å²) in [5.74, 6) is 0.526. The lowest BCUT2D eigenvalue weighted by Gasteiger charge is -2.08. The molecule has 0 aliphatic rings. The highest BCUT2D eigenvalue weighted by molar-refractivity contribution is 7.99. The molecule has 0 saturated carbocycles. The van der Waals surface area contributed by atoms with Crippen LogP contribution in [0.5, 0.6) is 5.75 Å². The van der Waals surface area contributed by atoms with Crippen LogP contribution in [0.15, 0.2) is 47.4 Å². The Balaban J connectivity index is 1.74. The quantitative estimate of drug-likeness (QED) is 0.337. The van der Waals surface area contributed by atoms with Crippen LogP contribution in [0.4, 0.5) is 5.69 Å². The lowest BCUT2D eigenvalue weighted by Crippen LogP contribution is -2.30. The Morgan fingerprint density at radius 3 is 2.52 bits per heavy atom. The molecule has 0 aromatic heterocycles. The van der Waals surface area contributed by atoms with Crippen LogP contribution in [0.2, 0.25) is 0 Å². The van der Waals surface area contributed by atoms with Gasteiger partial charge in [-0.1, -0.05) is 23.8 Å². The van der Waals surface area contributed by atoms with Crippen LogP contribution in [0.1, 0.15) is 11.1 Å². The summed E-state index contributed by atoms with van der Waals surface area (Å²) in [4.78, 5) is 23.4. The third-order valence-electron chi connectivity index (χ3n) is 3.38. The molecule has 0 aliphatic carbocycles. The molecule has 0 spiro atoms. The van der Waals surface area contributed by atoms with Crippen molar-refractivity contribution in [2.45, 2.75) is 18.7 Å². The Labute approximate surface area is 150 Å². The Kier molecular flexibility index (Phi) is 6.82. The number of benzene rings is 2. The average molecular weight is 360 g/mol. The Bertz CT molecular complexity index is 747. The maximum atomic E-state index is 11.8. The zero-order valence-electron chi connectivity index (χ0n) is 14.2. The van der Waals surface area contributed by atoms with Gasteiger partial charge in [0.1, 0.15) is 0 Å². The number of carbonyl (C=O) groups excluding carboxylic acids is 1. The van der Waals surface area contributed by atoms with Crippen LogP contribution in [0, 0.1) is 24.0 Å². The summed E-state index contributed by atoms with van der Waals surface area (Å²) in [6, 6.07) is 12.8. The van der Waals surface area contributed by atoms with E-state index in [9.17, 15) is 14.9 Å². The number of nitro groups is 1. The standard InChI is InChI=1S/C18H20N2O4S/c1-13-3-6-15(7-4-13)25-10-9-19-18(21)12-24-17-8-5-14(2)11-16(17)20(22)23/h3-8,11H,9-10,12H2,1-2H3,(H,19,21). The smallest absolute Gasteiger partial charge is 0.311 e. The molecule has 0 radical (unpaired) electrons. The van der Waals surface area contributed by atoms with Gasteiger partial charge in [-0.2, -0.15) is 0 Å². The largest absolute Gasteiger partial charge is 0.477 e. The highest BCUT2D eigenvalue weighted by atomic mass is 32.2. The molecule has 0 aliphatic heterocycles. The summed E-state index contributed by atoms with van der Waals surface area (Å²) in [5.41, 5.74) is 1.83. The van der Waals surface area contributed by atoms with Crippen molar-refractivity contribution >= 4 is 23.4 Å². The molecular formula is C18H20N2O4S. The fourth-order valence-corrected chi connectivity index (χ4v) is 2.85. The van der Waals surface area contributed by atoms with Crippen LogP contribution in [-0.2, 0) is 4.79 Å². The number of amides is 1. The number of nitrogens with zero attached hydrogens (tertiary/aromatic N) is 1. The van der Waals surface area contributed by atoms with E-state index in [2.05, 4.69) is 5.32 Å². The summed E-state index contributed by atoms with van der Waals surface area (Å²) >= 11 is 1.65.